The van der Waals surface area contributed by atoms with Crippen molar-refractivity contribution in [2.24, 2.45) is 0 Å². The van der Waals surface area contributed by atoms with Crippen molar-refractivity contribution in [3.05, 3.63) is 58.4 Å². The van der Waals surface area contributed by atoms with Crippen molar-refractivity contribution in [1.82, 2.24) is 0 Å². The van der Waals surface area contributed by atoms with E-state index in [9.17, 15) is 4.39 Å². The standard InChI is InChI=1S/C14H10ClFN2S/c15-11-4-5-12(18)13(6-11)19-8-10-3-1-2-9(7-17)14(10)16/h1-6H,8,18H2. The normalized spacial score (nSPS) is 10.2. The zero-order chi connectivity index (χ0) is 13.8. The van der Waals surface area contributed by atoms with E-state index in [1.54, 1.807) is 30.3 Å². The van der Waals surface area contributed by atoms with Crippen molar-refractivity contribution in [2.75, 3.05) is 5.73 Å². The Morgan fingerprint density at radius 3 is 2.84 bits per heavy atom. The minimum absolute atomic E-state index is 0.0529. The topological polar surface area (TPSA) is 49.8 Å². The third kappa shape index (κ3) is 3.19. The van der Waals surface area contributed by atoms with Gasteiger partial charge in [0.15, 0.2) is 0 Å². The highest BCUT2D eigenvalue weighted by Crippen LogP contribution is 2.31. The van der Waals surface area contributed by atoms with Gasteiger partial charge in [-0.15, -0.1) is 11.8 Å². The van der Waals surface area contributed by atoms with E-state index in [2.05, 4.69) is 0 Å². The first kappa shape index (κ1) is 13.7. The van der Waals surface area contributed by atoms with E-state index in [1.165, 1.54) is 17.8 Å². The van der Waals surface area contributed by atoms with Crippen LogP contribution in [0.5, 0.6) is 0 Å². The summed E-state index contributed by atoms with van der Waals surface area (Å²) in [6.07, 6.45) is 0. The van der Waals surface area contributed by atoms with E-state index in [-0.39, 0.29) is 5.56 Å². The quantitative estimate of drug-likeness (QED) is 0.680. The van der Waals surface area contributed by atoms with Gasteiger partial charge in [-0.1, -0.05) is 23.7 Å². The number of nitrogens with two attached hydrogens (primary N) is 1. The van der Waals surface area contributed by atoms with Crippen molar-refractivity contribution in [1.29, 1.82) is 5.26 Å². The molecule has 0 atom stereocenters. The van der Waals surface area contributed by atoms with Crippen LogP contribution >= 0.6 is 23.4 Å². The summed E-state index contributed by atoms with van der Waals surface area (Å²) in [6, 6.07) is 11.8. The number of thioether (sulfide) groups is 1. The zero-order valence-corrected chi connectivity index (χ0v) is 11.4. The van der Waals surface area contributed by atoms with Crippen LogP contribution in [-0.2, 0) is 5.75 Å². The largest absolute Gasteiger partial charge is 0.398 e. The minimum atomic E-state index is -0.474. The van der Waals surface area contributed by atoms with Gasteiger partial charge in [0.1, 0.15) is 11.9 Å². The average Bonchev–Trinajstić information content (AvgIpc) is 2.41. The lowest BCUT2D eigenvalue weighted by Crippen LogP contribution is -1.93. The predicted molar refractivity (Wildman–Crippen MR) is 76.5 cm³/mol. The number of hydrogen-bond donors (Lipinski definition) is 1. The maximum Gasteiger partial charge on any atom is 0.144 e. The van der Waals surface area contributed by atoms with Gasteiger partial charge in [0.05, 0.1) is 5.56 Å². The van der Waals surface area contributed by atoms with E-state index in [0.29, 0.717) is 22.0 Å². The van der Waals surface area contributed by atoms with Crippen molar-refractivity contribution in [2.45, 2.75) is 10.6 Å². The van der Waals surface area contributed by atoms with E-state index in [4.69, 9.17) is 22.6 Å². The number of nitriles is 1. The van der Waals surface area contributed by atoms with Gasteiger partial charge in [0, 0.05) is 21.4 Å². The lowest BCUT2D eigenvalue weighted by Gasteiger charge is -2.07. The molecule has 0 aliphatic heterocycles. The summed E-state index contributed by atoms with van der Waals surface area (Å²) in [7, 11) is 0. The molecular weight excluding hydrogens is 283 g/mol. The number of benzene rings is 2. The predicted octanol–water partition coefficient (Wildman–Crippen LogP) is 4.23. The van der Waals surface area contributed by atoms with Crippen molar-refractivity contribution in [3.63, 3.8) is 0 Å². The Morgan fingerprint density at radius 2 is 2.11 bits per heavy atom. The van der Waals surface area contributed by atoms with Gasteiger partial charge in [0.25, 0.3) is 0 Å². The van der Waals surface area contributed by atoms with E-state index < -0.39 is 5.82 Å². The Hall–Kier alpha value is -1.70. The number of anilines is 1. The molecule has 2 rings (SSSR count). The number of nitrogen functional groups attached to an aromatic ring is 1. The molecule has 0 unspecified atom stereocenters. The van der Waals surface area contributed by atoms with E-state index >= 15 is 0 Å². The third-order valence-corrected chi connectivity index (χ3v) is 3.91. The first-order valence-corrected chi connectivity index (χ1v) is 6.83. The number of halogens is 2. The molecule has 19 heavy (non-hydrogen) atoms. The molecule has 0 aliphatic rings. The number of hydrogen-bond acceptors (Lipinski definition) is 3. The molecule has 0 spiro atoms. The molecule has 0 saturated heterocycles. The van der Waals surface area contributed by atoms with Crippen LogP contribution in [0.4, 0.5) is 10.1 Å². The Labute approximate surface area is 120 Å². The van der Waals surface area contributed by atoms with Crippen molar-refractivity contribution in [3.8, 4) is 6.07 Å². The van der Waals surface area contributed by atoms with Crippen LogP contribution < -0.4 is 5.73 Å². The highest BCUT2D eigenvalue weighted by Gasteiger charge is 2.09. The molecule has 0 heterocycles. The molecule has 2 aromatic carbocycles. The van der Waals surface area contributed by atoms with Crippen LogP contribution in [0.1, 0.15) is 11.1 Å². The van der Waals surface area contributed by atoms with Gasteiger partial charge in [-0.05, 0) is 29.8 Å². The van der Waals surface area contributed by atoms with Crippen LogP contribution in [0.25, 0.3) is 0 Å². The third-order valence-electron chi connectivity index (χ3n) is 2.56. The Kier molecular flexibility index (Phi) is 4.31. The molecule has 0 amide bonds. The zero-order valence-electron chi connectivity index (χ0n) is 9.86. The maximum absolute atomic E-state index is 13.9. The summed E-state index contributed by atoms with van der Waals surface area (Å²) in [5.41, 5.74) is 6.95. The SMILES string of the molecule is N#Cc1cccc(CSc2cc(Cl)ccc2N)c1F. The highest BCUT2D eigenvalue weighted by atomic mass is 35.5. The number of rotatable bonds is 3. The second kappa shape index (κ2) is 5.96. The molecule has 0 aromatic heterocycles. The average molecular weight is 293 g/mol. The van der Waals surface area contributed by atoms with Crippen LogP contribution in [-0.4, -0.2) is 0 Å². The molecular formula is C14H10ClFN2S. The summed E-state index contributed by atoms with van der Waals surface area (Å²) in [4.78, 5) is 0.800. The van der Waals surface area contributed by atoms with Gasteiger partial charge in [0.2, 0.25) is 0 Å². The smallest absolute Gasteiger partial charge is 0.144 e. The molecule has 0 radical (unpaired) electrons. The van der Waals surface area contributed by atoms with Crippen LogP contribution in [0.3, 0.4) is 0 Å². The summed E-state index contributed by atoms with van der Waals surface area (Å²) >= 11 is 7.28. The molecule has 5 heteroatoms. The molecule has 0 bridgehead atoms. The monoisotopic (exact) mass is 292 g/mol. The molecule has 2 nitrogen and oxygen atoms in total. The Morgan fingerprint density at radius 1 is 1.32 bits per heavy atom. The van der Waals surface area contributed by atoms with Crippen LogP contribution in [0, 0.1) is 17.1 Å². The number of nitrogens with zero attached hydrogens (tertiary/aromatic N) is 1. The van der Waals surface area contributed by atoms with Gasteiger partial charge < -0.3 is 5.73 Å². The van der Waals surface area contributed by atoms with E-state index in [1.807, 2.05) is 6.07 Å². The second-order valence-electron chi connectivity index (χ2n) is 3.86. The Bertz CT molecular complexity index is 652. The minimum Gasteiger partial charge on any atom is -0.398 e. The Balaban J connectivity index is 2.20. The van der Waals surface area contributed by atoms with Crippen LogP contribution in [0.15, 0.2) is 41.3 Å². The van der Waals surface area contributed by atoms with Crippen molar-refractivity contribution >= 4 is 29.1 Å². The lowest BCUT2D eigenvalue weighted by molar-refractivity contribution is 0.613. The second-order valence-corrected chi connectivity index (χ2v) is 5.31. The summed E-state index contributed by atoms with van der Waals surface area (Å²) in [5, 5.41) is 9.36. The van der Waals surface area contributed by atoms with Gasteiger partial charge >= 0.3 is 0 Å². The van der Waals surface area contributed by atoms with Gasteiger partial charge in [-0.25, -0.2) is 4.39 Å². The fraction of sp³-hybridized carbons (Fsp3) is 0.0714. The summed E-state index contributed by atoms with van der Waals surface area (Å²) in [5.74, 6) is -0.0792. The van der Waals surface area contributed by atoms with Crippen LogP contribution in [0.2, 0.25) is 5.02 Å². The molecule has 0 saturated carbocycles. The first-order valence-electron chi connectivity index (χ1n) is 5.47. The summed E-state index contributed by atoms with van der Waals surface area (Å²) < 4.78 is 13.9. The lowest BCUT2D eigenvalue weighted by atomic mass is 10.1. The molecule has 96 valence electrons. The molecule has 0 fully saturated rings. The fourth-order valence-corrected chi connectivity index (χ4v) is 2.78. The highest BCUT2D eigenvalue weighted by molar-refractivity contribution is 7.98. The molecule has 2 N–H and O–H groups in total. The van der Waals surface area contributed by atoms with Crippen molar-refractivity contribution < 1.29 is 4.39 Å². The summed E-state index contributed by atoms with van der Waals surface area (Å²) in [6.45, 7) is 0. The van der Waals surface area contributed by atoms with Gasteiger partial charge in [-0.3, -0.25) is 0 Å². The molecule has 0 aliphatic carbocycles. The first-order chi connectivity index (χ1) is 9.11. The molecule has 2 aromatic rings. The maximum atomic E-state index is 13.9. The fourth-order valence-electron chi connectivity index (χ4n) is 1.57. The van der Waals surface area contributed by atoms with E-state index in [0.717, 1.165) is 4.90 Å². The van der Waals surface area contributed by atoms with Gasteiger partial charge in [-0.2, -0.15) is 5.26 Å².